The van der Waals surface area contributed by atoms with Crippen molar-refractivity contribution in [1.29, 1.82) is 0 Å². The summed E-state index contributed by atoms with van der Waals surface area (Å²) >= 11 is 6.55. The lowest BCUT2D eigenvalue weighted by Crippen LogP contribution is -2.51. The number of benzene rings is 1. The summed E-state index contributed by atoms with van der Waals surface area (Å²) < 4.78 is 9.76. The monoisotopic (exact) mass is 1120 g/mol. The van der Waals surface area contributed by atoms with Gasteiger partial charge in [0.1, 0.15) is 27.6 Å². The number of nitrogen functional groups attached to an aromatic ring is 1. The van der Waals surface area contributed by atoms with Gasteiger partial charge in [0.05, 0.1) is 36.1 Å². The fourth-order valence-electron chi connectivity index (χ4n) is 9.90. The van der Waals surface area contributed by atoms with Crippen molar-refractivity contribution >= 4 is 72.0 Å². The first-order valence-electron chi connectivity index (χ1n) is 24.4. The maximum Gasteiger partial charge on any atom is 0.298 e. The van der Waals surface area contributed by atoms with Gasteiger partial charge in [-0.25, -0.2) is 29.9 Å². The first kappa shape index (κ1) is 51.7. The number of aromatic nitrogens is 8. The third kappa shape index (κ3) is 12.6. The van der Waals surface area contributed by atoms with Gasteiger partial charge in [-0.15, -0.1) is 6.42 Å². The Kier molecular flexibility index (Phi) is 16.9. The van der Waals surface area contributed by atoms with Crippen molar-refractivity contribution in [2.45, 2.75) is 82.8 Å². The number of hydrogen-bond donors (Lipinski definition) is 2. The molecule has 1 amide bonds. The van der Waals surface area contributed by atoms with E-state index in [0.717, 1.165) is 91.4 Å². The van der Waals surface area contributed by atoms with Crippen LogP contribution in [0.5, 0.6) is 5.75 Å². The summed E-state index contributed by atoms with van der Waals surface area (Å²) in [5.74, 6) is 10.9. The van der Waals surface area contributed by atoms with Crippen LogP contribution in [0.1, 0.15) is 67.1 Å². The molecule has 3 unspecified atom stereocenters. The van der Waals surface area contributed by atoms with E-state index < -0.39 is 0 Å². The molecule has 7 aromatic rings. The Morgan fingerprint density at radius 2 is 1.34 bits per heavy atom. The Morgan fingerprint density at radius 1 is 0.703 bits per heavy atom. The molecule has 20 heteroatoms. The molecule has 18 nitrogen and oxygen atoms in total. The molecule has 378 valence electrons. The lowest BCUT2D eigenvalue weighted by Gasteiger charge is -2.31. The van der Waals surface area contributed by atoms with Gasteiger partial charge in [0.25, 0.3) is 17.6 Å². The Hall–Kier alpha value is -7.20. The number of hydrogen-bond acceptors (Lipinski definition) is 15. The Morgan fingerprint density at radius 3 is 1.96 bits per heavy atom. The summed E-state index contributed by atoms with van der Waals surface area (Å²) in [5, 5.41) is 3.59. The Balaban J connectivity index is 0.000000122. The number of anilines is 1. The number of fused-ring (bicyclic) bond motifs is 7. The highest BCUT2D eigenvalue weighted by atomic mass is 79.9. The van der Waals surface area contributed by atoms with Crippen LogP contribution >= 0.6 is 31.9 Å². The standard InChI is InChI=1S/C20H17N5O.C14H14BrN3O.C7H12N2O.C7H5N.C6H5BrN2O2/c26-20-19-17(23-18-13-24-9-3-5-16(24)12-25(18)20)10-14(11-22-19)6-7-15-4-1-2-8-21-15;15-9-3-4-11-12(6-9)16-13-8-17-5-1-2-10(17)7-18(13)14(11)19;10-7-5-9-3-1-2-6(9)4-8-7;1-2-7-5-3-4-6-8-7;7-5-2-1-4(11-3-10)6(8)9-5/h1-2,4,8,10-11,16H,3,5,9,12-13H2;3-4,6,10H,1-2,5,7-8H2;6H,1-5H2,(H,8,10);1,3-6H;1-3H,(H2,8,9). The number of amides is 1. The normalized spacial score (nSPS) is 19.1. The fraction of sp³-hybridized carbons (Fsp3) is 0.333. The van der Waals surface area contributed by atoms with E-state index in [1.807, 2.05) is 59.2 Å². The number of nitrogens with zero attached hydrogens (tertiary/aromatic N) is 11. The van der Waals surface area contributed by atoms with Crippen molar-refractivity contribution in [2.24, 2.45) is 0 Å². The molecule has 0 saturated carbocycles. The summed E-state index contributed by atoms with van der Waals surface area (Å²) in [6.07, 6.45) is 17.4. The van der Waals surface area contributed by atoms with Crippen molar-refractivity contribution in [3.8, 4) is 29.9 Å². The average molecular weight is 1120 g/mol. The largest absolute Gasteiger partial charge is 0.425 e. The van der Waals surface area contributed by atoms with Gasteiger partial charge in [-0.1, -0.05) is 39.9 Å². The lowest BCUT2D eigenvalue weighted by atomic mass is 10.1. The average Bonchev–Trinajstić information content (AvgIpc) is 4.21. The van der Waals surface area contributed by atoms with Crippen LogP contribution in [0.25, 0.3) is 21.9 Å². The van der Waals surface area contributed by atoms with Crippen LogP contribution in [-0.2, 0) is 35.8 Å². The zero-order valence-corrected chi connectivity index (χ0v) is 43.6. The number of ether oxygens (including phenoxy) is 1. The minimum atomic E-state index is -0.0409. The first-order valence-corrected chi connectivity index (χ1v) is 26.0. The van der Waals surface area contributed by atoms with Gasteiger partial charge in [0.2, 0.25) is 5.91 Å². The summed E-state index contributed by atoms with van der Waals surface area (Å²) in [6, 6.07) is 23.5. The molecule has 12 heterocycles. The van der Waals surface area contributed by atoms with E-state index >= 15 is 0 Å². The molecule has 0 radical (unpaired) electrons. The fourth-order valence-corrected chi connectivity index (χ4v) is 10.6. The smallest absolute Gasteiger partial charge is 0.298 e. The number of pyridine rings is 4. The molecular weight excluding hydrogens is 1070 g/mol. The third-order valence-electron chi connectivity index (χ3n) is 13.6. The highest BCUT2D eigenvalue weighted by Gasteiger charge is 2.33. The molecule has 0 spiro atoms. The number of piperazine rings is 1. The first-order chi connectivity index (χ1) is 36.0. The molecule has 74 heavy (non-hydrogen) atoms. The van der Waals surface area contributed by atoms with Gasteiger partial charge < -0.3 is 15.8 Å². The van der Waals surface area contributed by atoms with E-state index in [0.29, 0.717) is 58.2 Å². The van der Waals surface area contributed by atoms with Crippen molar-refractivity contribution in [2.75, 3.05) is 38.5 Å². The molecule has 0 bridgehead atoms. The van der Waals surface area contributed by atoms with Crippen molar-refractivity contribution in [3.63, 3.8) is 0 Å². The summed E-state index contributed by atoms with van der Waals surface area (Å²) in [7, 11) is 0. The topological polar surface area (TPSA) is 212 Å². The van der Waals surface area contributed by atoms with Crippen LogP contribution < -0.4 is 26.9 Å². The Bertz CT molecular complexity index is 3400. The van der Waals surface area contributed by atoms with E-state index in [1.165, 1.54) is 32.1 Å². The van der Waals surface area contributed by atoms with Crippen LogP contribution in [-0.4, -0.2) is 117 Å². The number of halogens is 2. The SMILES string of the molecule is C#Cc1ccccn1.Nc1nc(Br)ccc1OC=O.O=C1CN2CCCC2CN1.O=c1c2ccc(Br)cc2nc2n1CC1CCCN1C2.O=c1c2ncc(C#Cc3ccccn3)cc2nc2n1CC1CCCN1C2. The molecule has 6 aliphatic rings. The summed E-state index contributed by atoms with van der Waals surface area (Å²) in [6.45, 7) is 8.22. The number of nitrogens with two attached hydrogens (primary N) is 1. The van der Waals surface area contributed by atoms with E-state index in [9.17, 15) is 19.2 Å². The molecule has 3 atom stereocenters. The van der Waals surface area contributed by atoms with Crippen LogP contribution in [0.2, 0.25) is 0 Å². The third-order valence-corrected chi connectivity index (χ3v) is 14.5. The zero-order chi connectivity index (χ0) is 51.6. The van der Waals surface area contributed by atoms with E-state index in [4.69, 9.17) is 17.1 Å². The number of terminal acetylenes is 1. The van der Waals surface area contributed by atoms with Gasteiger partial charge >= 0.3 is 0 Å². The maximum atomic E-state index is 12.8. The van der Waals surface area contributed by atoms with E-state index in [-0.39, 0.29) is 28.6 Å². The molecule has 4 fully saturated rings. The minimum Gasteiger partial charge on any atom is -0.425 e. The van der Waals surface area contributed by atoms with Gasteiger partial charge in [0, 0.05) is 66.4 Å². The molecule has 6 aromatic heterocycles. The molecule has 0 aliphatic carbocycles. The molecule has 6 aliphatic heterocycles. The second-order valence-corrected chi connectivity index (χ2v) is 20.0. The molecule has 4 saturated heterocycles. The molecular formula is C54H53Br2N13O5. The number of rotatable bonds is 2. The van der Waals surface area contributed by atoms with Crippen molar-refractivity contribution < 1.29 is 14.3 Å². The van der Waals surface area contributed by atoms with Crippen molar-refractivity contribution in [3.05, 3.63) is 150 Å². The lowest BCUT2D eigenvalue weighted by molar-refractivity contribution is -0.124. The van der Waals surface area contributed by atoms with E-state index in [1.54, 1.807) is 41.4 Å². The maximum absolute atomic E-state index is 12.8. The Labute approximate surface area is 444 Å². The molecule has 1 aromatic carbocycles. The van der Waals surface area contributed by atoms with Gasteiger partial charge in [-0.05, 0) is 141 Å². The van der Waals surface area contributed by atoms with Crippen LogP contribution in [0, 0.1) is 24.2 Å². The predicted octanol–water partition coefficient (Wildman–Crippen LogP) is 5.31. The zero-order valence-electron chi connectivity index (χ0n) is 40.4. The summed E-state index contributed by atoms with van der Waals surface area (Å²) in [5.41, 5.74) is 9.40. The number of carbonyl (C=O) groups is 2. The van der Waals surface area contributed by atoms with Crippen LogP contribution in [0.4, 0.5) is 5.82 Å². The molecule has 3 N–H and O–H groups in total. The number of carbonyl (C=O) groups excluding carboxylic acids is 2. The van der Waals surface area contributed by atoms with Crippen molar-refractivity contribution in [1.82, 2.24) is 59.1 Å². The highest BCUT2D eigenvalue weighted by molar-refractivity contribution is 9.10. The molecule has 13 rings (SSSR count). The highest BCUT2D eigenvalue weighted by Crippen LogP contribution is 2.28. The minimum absolute atomic E-state index is 0.0409. The second kappa shape index (κ2) is 24.2. The van der Waals surface area contributed by atoms with Gasteiger partial charge in [-0.2, -0.15) is 0 Å². The van der Waals surface area contributed by atoms with Gasteiger partial charge in [0.15, 0.2) is 17.1 Å². The summed E-state index contributed by atoms with van der Waals surface area (Å²) in [4.78, 5) is 78.9. The van der Waals surface area contributed by atoms with Crippen LogP contribution in [0.3, 0.4) is 0 Å². The quantitative estimate of drug-likeness (QED) is 0.128. The predicted molar refractivity (Wildman–Crippen MR) is 287 cm³/mol. The van der Waals surface area contributed by atoms with Crippen LogP contribution in [0.15, 0.2) is 110 Å². The van der Waals surface area contributed by atoms with Gasteiger partial charge in [-0.3, -0.25) is 43.0 Å². The second-order valence-electron chi connectivity index (χ2n) is 18.3. The van der Waals surface area contributed by atoms with E-state index in [2.05, 4.69) is 99.3 Å². The number of nitrogens with one attached hydrogen (secondary N) is 1.